The highest BCUT2D eigenvalue weighted by Gasteiger charge is 2.20. The summed E-state index contributed by atoms with van der Waals surface area (Å²) < 4.78 is 0. The third-order valence-corrected chi connectivity index (χ3v) is 3.70. The summed E-state index contributed by atoms with van der Waals surface area (Å²) in [4.78, 5) is 0. The Morgan fingerprint density at radius 3 is 2.19 bits per heavy atom. The zero-order valence-corrected chi connectivity index (χ0v) is 12.1. The largest absolute Gasteiger partial charge is 0.102 e. The first-order valence-corrected chi connectivity index (χ1v) is 6.72. The van der Waals surface area contributed by atoms with Crippen LogP contribution in [0.5, 0.6) is 0 Å². The van der Waals surface area contributed by atoms with Crippen molar-refractivity contribution >= 4 is 0 Å². The van der Waals surface area contributed by atoms with Crippen LogP contribution in [0.15, 0.2) is 24.3 Å². The standard InChI is InChI=1S/C16H30/c1-8-11-16(7,10-3)12-14(6)15(9-2)13(4)5/h9,12-13,15H,2,8,10-11H2,1,3-7H3. The van der Waals surface area contributed by atoms with Crippen LogP contribution in [-0.4, -0.2) is 0 Å². The van der Waals surface area contributed by atoms with E-state index in [2.05, 4.69) is 60.3 Å². The van der Waals surface area contributed by atoms with Gasteiger partial charge in [0.05, 0.1) is 0 Å². The van der Waals surface area contributed by atoms with E-state index >= 15 is 0 Å². The Hall–Kier alpha value is -0.520. The minimum Gasteiger partial charge on any atom is -0.102 e. The van der Waals surface area contributed by atoms with Crippen LogP contribution in [-0.2, 0) is 0 Å². The van der Waals surface area contributed by atoms with Crippen LogP contribution in [0.2, 0.25) is 0 Å². The van der Waals surface area contributed by atoms with Crippen molar-refractivity contribution in [1.29, 1.82) is 0 Å². The summed E-state index contributed by atoms with van der Waals surface area (Å²) in [7, 11) is 0. The first-order chi connectivity index (χ1) is 7.40. The van der Waals surface area contributed by atoms with Crippen molar-refractivity contribution in [1.82, 2.24) is 0 Å². The molecule has 16 heavy (non-hydrogen) atoms. The van der Waals surface area contributed by atoms with Gasteiger partial charge in [0, 0.05) is 0 Å². The van der Waals surface area contributed by atoms with Gasteiger partial charge >= 0.3 is 0 Å². The second-order valence-corrected chi connectivity index (χ2v) is 5.65. The van der Waals surface area contributed by atoms with E-state index in [-0.39, 0.29) is 0 Å². The van der Waals surface area contributed by atoms with Gasteiger partial charge < -0.3 is 0 Å². The molecule has 0 heteroatoms. The lowest BCUT2D eigenvalue weighted by Crippen LogP contribution is -2.15. The van der Waals surface area contributed by atoms with E-state index in [1.54, 1.807) is 0 Å². The first kappa shape index (κ1) is 15.5. The average molecular weight is 222 g/mol. The maximum absolute atomic E-state index is 3.96. The molecule has 0 nitrogen and oxygen atoms in total. The van der Waals surface area contributed by atoms with Crippen LogP contribution >= 0.6 is 0 Å². The molecule has 0 aromatic heterocycles. The second kappa shape index (κ2) is 6.93. The minimum atomic E-state index is 0.370. The molecule has 0 aliphatic carbocycles. The van der Waals surface area contributed by atoms with Gasteiger partial charge in [-0.2, -0.15) is 0 Å². The summed E-state index contributed by atoms with van der Waals surface area (Å²) in [5.41, 5.74) is 1.86. The molecule has 0 rings (SSSR count). The predicted molar refractivity (Wildman–Crippen MR) is 75.6 cm³/mol. The molecule has 2 atom stereocenters. The molecule has 0 aromatic rings. The molecule has 0 radical (unpaired) electrons. The average Bonchev–Trinajstić information content (AvgIpc) is 2.18. The molecule has 0 N–H and O–H groups in total. The molecule has 0 bridgehead atoms. The Morgan fingerprint density at radius 1 is 1.31 bits per heavy atom. The van der Waals surface area contributed by atoms with Crippen molar-refractivity contribution in [3.63, 3.8) is 0 Å². The van der Waals surface area contributed by atoms with Gasteiger partial charge in [0.1, 0.15) is 0 Å². The third kappa shape index (κ3) is 4.55. The molecule has 0 aliphatic heterocycles. The summed E-state index contributed by atoms with van der Waals surface area (Å²) in [6.07, 6.45) is 8.35. The molecule has 0 aromatic carbocycles. The molecule has 94 valence electrons. The number of hydrogen-bond donors (Lipinski definition) is 0. The smallest absolute Gasteiger partial charge is 0.000549 e. The van der Waals surface area contributed by atoms with Crippen molar-refractivity contribution in [3.05, 3.63) is 24.3 Å². The number of hydrogen-bond acceptors (Lipinski definition) is 0. The van der Waals surface area contributed by atoms with Gasteiger partial charge in [-0.3, -0.25) is 0 Å². The van der Waals surface area contributed by atoms with Crippen LogP contribution in [0.4, 0.5) is 0 Å². The highest BCUT2D eigenvalue weighted by molar-refractivity contribution is 5.14. The fraction of sp³-hybridized carbons (Fsp3) is 0.750. The molecule has 0 spiro atoms. The van der Waals surface area contributed by atoms with Gasteiger partial charge in [-0.1, -0.05) is 58.8 Å². The van der Waals surface area contributed by atoms with Gasteiger partial charge in [-0.15, -0.1) is 6.58 Å². The summed E-state index contributed by atoms with van der Waals surface area (Å²) in [5.74, 6) is 1.18. The minimum absolute atomic E-state index is 0.370. The van der Waals surface area contributed by atoms with Gasteiger partial charge in [0.15, 0.2) is 0 Å². The fourth-order valence-electron chi connectivity index (χ4n) is 2.55. The molecule has 0 saturated heterocycles. The van der Waals surface area contributed by atoms with E-state index in [0.717, 1.165) is 0 Å². The molecule has 0 aliphatic rings. The van der Waals surface area contributed by atoms with E-state index in [0.29, 0.717) is 17.3 Å². The Morgan fingerprint density at radius 2 is 1.88 bits per heavy atom. The Kier molecular flexibility index (Phi) is 6.71. The monoisotopic (exact) mass is 222 g/mol. The molecule has 0 heterocycles. The van der Waals surface area contributed by atoms with E-state index < -0.39 is 0 Å². The SMILES string of the molecule is C=CC(C(C)=CC(C)(CC)CCC)C(C)C. The summed E-state index contributed by atoms with van der Waals surface area (Å²) in [6.45, 7) is 17.7. The van der Waals surface area contributed by atoms with Crippen LogP contribution in [0.1, 0.15) is 60.8 Å². The normalized spacial score (nSPS) is 18.3. The van der Waals surface area contributed by atoms with Gasteiger partial charge in [-0.05, 0) is 37.0 Å². The van der Waals surface area contributed by atoms with Crippen LogP contribution in [0.25, 0.3) is 0 Å². The van der Waals surface area contributed by atoms with E-state index in [1.807, 2.05) is 0 Å². The van der Waals surface area contributed by atoms with Crippen molar-refractivity contribution < 1.29 is 0 Å². The fourth-order valence-corrected chi connectivity index (χ4v) is 2.55. The summed E-state index contributed by atoms with van der Waals surface area (Å²) in [5, 5.41) is 0. The van der Waals surface area contributed by atoms with Crippen molar-refractivity contribution in [2.45, 2.75) is 60.8 Å². The lowest BCUT2D eigenvalue weighted by Gasteiger charge is -2.27. The first-order valence-electron chi connectivity index (χ1n) is 6.72. The molecule has 0 amide bonds. The van der Waals surface area contributed by atoms with Crippen LogP contribution < -0.4 is 0 Å². The van der Waals surface area contributed by atoms with Gasteiger partial charge in [-0.25, -0.2) is 0 Å². The van der Waals surface area contributed by atoms with Crippen LogP contribution in [0.3, 0.4) is 0 Å². The van der Waals surface area contributed by atoms with E-state index in [4.69, 9.17) is 0 Å². The third-order valence-electron chi connectivity index (χ3n) is 3.70. The molecular formula is C16H30. The highest BCUT2D eigenvalue weighted by atomic mass is 14.3. The number of allylic oxidation sites excluding steroid dienone is 3. The maximum Gasteiger partial charge on any atom is -0.000549 e. The maximum atomic E-state index is 3.96. The molecule has 0 saturated carbocycles. The second-order valence-electron chi connectivity index (χ2n) is 5.65. The topological polar surface area (TPSA) is 0 Å². The Balaban J connectivity index is 4.89. The van der Waals surface area contributed by atoms with E-state index in [9.17, 15) is 0 Å². The Labute approximate surface area is 103 Å². The van der Waals surface area contributed by atoms with Crippen molar-refractivity contribution in [2.75, 3.05) is 0 Å². The lowest BCUT2D eigenvalue weighted by atomic mass is 9.78. The van der Waals surface area contributed by atoms with E-state index in [1.165, 1.54) is 24.8 Å². The molecule has 0 fully saturated rings. The summed E-state index contributed by atoms with van der Waals surface area (Å²) in [6, 6.07) is 0. The quantitative estimate of drug-likeness (QED) is 0.491. The van der Waals surface area contributed by atoms with Gasteiger partial charge in [0.25, 0.3) is 0 Å². The van der Waals surface area contributed by atoms with Crippen LogP contribution in [0, 0.1) is 17.3 Å². The zero-order chi connectivity index (χ0) is 12.8. The van der Waals surface area contributed by atoms with Gasteiger partial charge in [0.2, 0.25) is 0 Å². The van der Waals surface area contributed by atoms with Crippen molar-refractivity contribution in [3.8, 4) is 0 Å². The van der Waals surface area contributed by atoms with Crippen molar-refractivity contribution in [2.24, 2.45) is 17.3 Å². The predicted octanol–water partition coefficient (Wildman–Crippen LogP) is 5.61. The number of rotatable bonds is 7. The summed E-state index contributed by atoms with van der Waals surface area (Å²) >= 11 is 0. The highest BCUT2D eigenvalue weighted by Crippen LogP contribution is 2.33. The molecule has 2 unspecified atom stereocenters. The molecular weight excluding hydrogens is 192 g/mol. The lowest BCUT2D eigenvalue weighted by molar-refractivity contribution is 0.365. The zero-order valence-electron chi connectivity index (χ0n) is 12.1. The Bertz CT molecular complexity index is 234.